The van der Waals surface area contributed by atoms with Crippen LogP contribution in [0, 0.1) is 0 Å². The van der Waals surface area contributed by atoms with Crippen LogP contribution in [0.5, 0.6) is 0 Å². The topological polar surface area (TPSA) is 22.8 Å². The summed E-state index contributed by atoms with van der Waals surface area (Å²) in [5.41, 5.74) is 2.50. The third-order valence-electron chi connectivity index (χ3n) is 2.79. The van der Waals surface area contributed by atoms with Crippen molar-refractivity contribution >= 4 is 10.9 Å². The summed E-state index contributed by atoms with van der Waals surface area (Å²) < 4.78 is 4.08. The summed E-state index contributed by atoms with van der Waals surface area (Å²) in [4.78, 5) is 0. The average molecular weight is 211 g/mol. The van der Waals surface area contributed by atoms with Crippen molar-refractivity contribution in [1.29, 1.82) is 0 Å². The Balaban J connectivity index is 2.00. The van der Waals surface area contributed by atoms with Gasteiger partial charge in [0.2, 0.25) is 0 Å². The zero-order valence-electron chi connectivity index (χ0n) is 9.17. The maximum absolute atomic E-state index is 4.18. The first-order valence-corrected chi connectivity index (χ1v) is 5.34. The minimum atomic E-state index is 0.876. The van der Waals surface area contributed by atoms with E-state index in [9.17, 15) is 0 Å². The van der Waals surface area contributed by atoms with Crippen molar-refractivity contribution in [2.45, 2.75) is 6.54 Å². The molecular weight excluding hydrogens is 198 g/mol. The molecule has 0 aliphatic carbocycles. The van der Waals surface area contributed by atoms with Crippen molar-refractivity contribution in [2.75, 3.05) is 0 Å². The van der Waals surface area contributed by atoms with Gasteiger partial charge in [-0.1, -0.05) is 18.2 Å². The summed E-state index contributed by atoms with van der Waals surface area (Å²) >= 11 is 0. The lowest BCUT2D eigenvalue weighted by Crippen LogP contribution is -1.96. The number of hydrogen-bond acceptors (Lipinski definition) is 1. The van der Waals surface area contributed by atoms with E-state index in [1.165, 1.54) is 16.5 Å². The van der Waals surface area contributed by atoms with Crippen LogP contribution in [-0.4, -0.2) is 14.3 Å². The van der Waals surface area contributed by atoms with Gasteiger partial charge in [-0.05, 0) is 17.5 Å². The number of rotatable bonds is 2. The molecule has 3 nitrogen and oxygen atoms in total. The lowest BCUT2D eigenvalue weighted by Gasteiger charge is -2.02. The van der Waals surface area contributed by atoms with Crippen LogP contribution in [0.2, 0.25) is 0 Å². The zero-order valence-corrected chi connectivity index (χ0v) is 9.17. The third kappa shape index (κ3) is 1.50. The molecule has 0 saturated carbocycles. The molecule has 0 atom stereocenters. The molecule has 0 spiro atoms. The third-order valence-corrected chi connectivity index (χ3v) is 2.79. The van der Waals surface area contributed by atoms with Crippen molar-refractivity contribution in [1.82, 2.24) is 14.3 Å². The summed E-state index contributed by atoms with van der Waals surface area (Å²) in [7, 11) is 1.94. The predicted molar refractivity (Wildman–Crippen MR) is 64.2 cm³/mol. The van der Waals surface area contributed by atoms with Crippen LogP contribution >= 0.6 is 0 Å². The van der Waals surface area contributed by atoms with E-state index in [0.717, 1.165) is 6.54 Å². The van der Waals surface area contributed by atoms with Crippen LogP contribution in [0.15, 0.2) is 48.9 Å². The van der Waals surface area contributed by atoms with Gasteiger partial charge in [-0.3, -0.25) is 4.68 Å². The first kappa shape index (κ1) is 9.21. The number of fused-ring (bicyclic) bond motifs is 1. The highest BCUT2D eigenvalue weighted by atomic mass is 15.2. The molecule has 0 amide bonds. The molecular formula is C13H13N3. The van der Waals surface area contributed by atoms with E-state index in [1.54, 1.807) is 0 Å². The summed E-state index contributed by atoms with van der Waals surface area (Å²) in [6.07, 6.45) is 6.08. The standard InChI is InChI=1S/C13H13N3/c1-15-9-11(8-14-15)10-16-7-6-12-4-2-3-5-13(12)16/h2-9H,10H2,1H3. The van der Waals surface area contributed by atoms with Gasteiger partial charge in [-0.15, -0.1) is 0 Å². The van der Waals surface area contributed by atoms with E-state index in [2.05, 4.69) is 52.4 Å². The largest absolute Gasteiger partial charge is 0.343 e. The second-order valence-corrected chi connectivity index (χ2v) is 4.02. The Morgan fingerprint density at radius 3 is 2.88 bits per heavy atom. The van der Waals surface area contributed by atoms with Crippen molar-refractivity contribution in [3.8, 4) is 0 Å². The number of aryl methyl sites for hydroxylation is 1. The summed E-state index contributed by atoms with van der Waals surface area (Å²) in [6.45, 7) is 0.876. The molecule has 0 unspecified atom stereocenters. The Morgan fingerprint density at radius 2 is 2.06 bits per heavy atom. The number of para-hydroxylation sites is 1. The van der Waals surface area contributed by atoms with Gasteiger partial charge in [0.15, 0.2) is 0 Å². The molecule has 0 aliphatic rings. The quantitative estimate of drug-likeness (QED) is 0.638. The van der Waals surface area contributed by atoms with Crippen molar-refractivity contribution < 1.29 is 0 Å². The molecule has 80 valence electrons. The van der Waals surface area contributed by atoms with Gasteiger partial charge in [-0.25, -0.2) is 0 Å². The lowest BCUT2D eigenvalue weighted by molar-refractivity contribution is 0.764. The first-order valence-electron chi connectivity index (χ1n) is 5.34. The molecule has 0 aliphatic heterocycles. The fourth-order valence-corrected chi connectivity index (χ4v) is 2.03. The summed E-state index contributed by atoms with van der Waals surface area (Å²) in [6, 6.07) is 10.6. The van der Waals surface area contributed by atoms with Gasteiger partial charge in [-0.2, -0.15) is 5.10 Å². The zero-order chi connectivity index (χ0) is 11.0. The van der Waals surface area contributed by atoms with Crippen LogP contribution in [0.4, 0.5) is 0 Å². The monoisotopic (exact) mass is 211 g/mol. The molecule has 3 rings (SSSR count). The number of hydrogen-bond donors (Lipinski definition) is 0. The smallest absolute Gasteiger partial charge is 0.0539 e. The van der Waals surface area contributed by atoms with Gasteiger partial charge < -0.3 is 4.57 Å². The van der Waals surface area contributed by atoms with Gasteiger partial charge in [0.05, 0.1) is 12.7 Å². The Labute approximate surface area is 93.9 Å². The normalized spacial score (nSPS) is 11.1. The number of aromatic nitrogens is 3. The van der Waals surface area contributed by atoms with Gasteiger partial charge >= 0.3 is 0 Å². The van der Waals surface area contributed by atoms with Crippen molar-refractivity contribution in [2.24, 2.45) is 7.05 Å². The van der Waals surface area contributed by atoms with Crippen LogP contribution in [0.1, 0.15) is 5.56 Å². The fraction of sp³-hybridized carbons (Fsp3) is 0.154. The van der Waals surface area contributed by atoms with Gasteiger partial charge in [0.25, 0.3) is 0 Å². The second-order valence-electron chi connectivity index (χ2n) is 4.02. The molecule has 16 heavy (non-hydrogen) atoms. The van der Waals surface area contributed by atoms with E-state index >= 15 is 0 Å². The molecule has 3 heteroatoms. The van der Waals surface area contributed by atoms with E-state index in [-0.39, 0.29) is 0 Å². The maximum Gasteiger partial charge on any atom is 0.0539 e. The fourth-order valence-electron chi connectivity index (χ4n) is 2.03. The van der Waals surface area contributed by atoms with Crippen molar-refractivity contribution in [3.63, 3.8) is 0 Å². The van der Waals surface area contributed by atoms with E-state index in [0.29, 0.717) is 0 Å². The second kappa shape index (κ2) is 3.52. The Kier molecular flexibility index (Phi) is 2.03. The van der Waals surface area contributed by atoms with Gasteiger partial charge in [0, 0.05) is 30.5 Å². The molecule has 0 N–H and O–H groups in total. The molecule has 2 aromatic heterocycles. The molecule has 3 aromatic rings. The SMILES string of the molecule is Cn1cc(Cn2ccc3ccccc32)cn1. The van der Waals surface area contributed by atoms with E-state index in [4.69, 9.17) is 0 Å². The lowest BCUT2D eigenvalue weighted by atomic mass is 10.2. The van der Waals surface area contributed by atoms with Crippen molar-refractivity contribution in [3.05, 3.63) is 54.5 Å². The van der Waals surface area contributed by atoms with Crippen LogP contribution in [0.25, 0.3) is 10.9 Å². The number of nitrogens with zero attached hydrogens (tertiary/aromatic N) is 3. The van der Waals surface area contributed by atoms with Crippen LogP contribution in [-0.2, 0) is 13.6 Å². The molecule has 0 saturated heterocycles. The predicted octanol–water partition coefficient (Wildman–Crippen LogP) is 2.42. The minimum absolute atomic E-state index is 0.876. The molecule has 0 fully saturated rings. The highest BCUT2D eigenvalue weighted by molar-refractivity contribution is 5.79. The van der Waals surface area contributed by atoms with Crippen LogP contribution in [0.3, 0.4) is 0 Å². The summed E-state index contributed by atoms with van der Waals surface area (Å²) in [5, 5.41) is 5.46. The number of benzene rings is 1. The molecule has 2 heterocycles. The minimum Gasteiger partial charge on any atom is -0.343 e. The Hall–Kier alpha value is -2.03. The van der Waals surface area contributed by atoms with E-state index in [1.807, 2.05) is 17.9 Å². The molecule has 0 radical (unpaired) electrons. The highest BCUT2D eigenvalue weighted by Crippen LogP contribution is 2.16. The Bertz CT molecular complexity index is 619. The Morgan fingerprint density at radius 1 is 1.19 bits per heavy atom. The molecule has 1 aromatic carbocycles. The van der Waals surface area contributed by atoms with E-state index < -0.39 is 0 Å². The summed E-state index contributed by atoms with van der Waals surface area (Å²) in [5.74, 6) is 0. The average Bonchev–Trinajstić information content (AvgIpc) is 2.87. The highest BCUT2D eigenvalue weighted by Gasteiger charge is 2.01. The maximum atomic E-state index is 4.18. The first-order chi connectivity index (χ1) is 7.83. The molecule has 0 bridgehead atoms. The van der Waals surface area contributed by atoms with Gasteiger partial charge in [0.1, 0.15) is 0 Å². The van der Waals surface area contributed by atoms with Crippen LogP contribution < -0.4 is 0 Å².